The molecule has 3 nitrogen and oxygen atoms in total. The lowest BCUT2D eigenvalue weighted by atomic mass is 9.51. The summed E-state index contributed by atoms with van der Waals surface area (Å²) < 4.78 is 5.87. The maximum absolute atomic E-state index is 9.13. The predicted octanol–water partition coefficient (Wildman–Crippen LogP) is 2.04. The Morgan fingerprint density at radius 3 is 2.78 bits per heavy atom. The molecule has 0 bridgehead atoms. The summed E-state index contributed by atoms with van der Waals surface area (Å²) in [5.74, 6) is 1.09. The van der Waals surface area contributed by atoms with Crippen molar-refractivity contribution in [3.05, 3.63) is 0 Å². The molecule has 0 aliphatic heterocycles. The van der Waals surface area contributed by atoms with Gasteiger partial charge in [-0.1, -0.05) is 6.42 Å². The van der Waals surface area contributed by atoms with Crippen molar-refractivity contribution in [3.8, 4) is 0 Å². The fourth-order valence-corrected chi connectivity index (χ4v) is 4.19. The quantitative estimate of drug-likeness (QED) is 0.710. The Labute approximate surface area is 115 Å². The van der Waals surface area contributed by atoms with E-state index in [1.165, 1.54) is 19.3 Å². The molecule has 2 saturated carbocycles. The van der Waals surface area contributed by atoms with Crippen LogP contribution < -0.4 is 5.32 Å². The second-order valence-corrected chi connectivity index (χ2v) is 6.56. The summed E-state index contributed by atoms with van der Waals surface area (Å²) in [5, 5.41) is 12.9. The Kier molecular flexibility index (Phi) is 5.36. The summed E-state index contributed by atoms with van der Waals surface area (Å²) in [7, 11) is 0. The van der Waals surface area contributed by atoms with Gasteiger partial charge in [0.1, 0.15) is 0 Å². The summed E-state index contributed by atoms with van der Waals surface area (Å²) in [6.07, 6.45) is 8.64. The topological polar surface area (TPSA) is 41.5 Å². The van der Waals surface area contributed by atoms with E-state index in [1.807, 2.05) is 11.8 Å². The van der Waals surface area contributed by atoms with E-state index in [1.54, 1.807) is 0 Å². The summed E-state index contributed by atoms with van der Waals surface area (Å²) in [5.41, 5.74) is 0.433. The van der Waals surface area contributed by atoms with Crippen molar-refractivity contribution in [3.63, 3.8) is 0 Å². The van der Waals surface area contributed by atoms with Gasteiger partial charge in [-0.25, -0.2) is 0 Å². The van der Waals surface area contributed by atoms with E-state index >= 15 is 0 Å². The molecule has 0 aromatic rings. The van der Waals surface area contributed by atoms with E-state index in [0.717, 1.165) is 25.2 Å². The van der Waals surface area contributed by atoms with Crippen LogP contribution in [0.25, 0.3) is 0 Å². The van der Waals surface area contributed by atoms with E-state index in [0.29, 0.717) is 23.6 Å². The smallest absolute Gasteiger partial charge is 0.0661 e. The monoisotopic (exact) mass is 273 g/mol. The number of ether oxygens (including phenoxy) is 1. The molecule has 2 rings (SSSR count). The number of hydrogen-bond acceptors (Lipinski definition) is 4. The van der Waals surface area contributed by atoms with Crippen molar-refractivity contribution in [2.24, 2.45) is 5.41 Å². The summed E-state index contributed by atoms with van der Waals surface area (Å²) in [6.45, 7) is 3.21. The molecule has 0 amide bonds. The number of thioether (sulfide) groups is 1. The van der Waals surface area contributed by atoms with Crippen LogP contribution in [-0.4, -0.2) is 48.5 Å². The highest BCUT2D eigenvalue weighted by Crippen LogP contribution is 2.57. The zero-order chi connectivity index (χ0) is 13.0. The van der Waals surface area contributed by atoms with E-state index in [2.05, 4.69) is 18.5 Å². The Bertz CT molecular complexity index is 252. The average Bonchev–Trinajstić information content (AvgIpc) is 2.25. The van der Waals surface area contributed by atoms with Crippen molar-refractivity contribution in [1.82, 2.24) is 5.32 Å². The molecule has 2 N–H and O–H groups in total. The van der Waals surface area contributed by atoms with Crippen LogP contribution in [0.15, 0.2) is 0 Å². The molecular formula is C14H27NO2S. The van der Waals surface area contributed by atoms with Crippen LogP contribution in [0.4, 0.5) is 0 Å². The van der Waals surface area contributed by atoms with Gasteiger partial charge in [-0.05, 0) is 38.9 Å². The first-order valence-corrected chi connectivity index (χ1v) is 8.63. The first-order chi connectivity index (χ1) is 8.76. The third-order valence-corrected chi connectivity index (χ3v) is 5.46. The third kappa shape index (κ3) is 2.72. The van der Waals surface area contributed by atoms with Crippen molar-refractivity contribution in [1.29, 1.82) is 0 Å². The van der Waals surface area contributed by atoms with E-state index in [4.69, 9.17) is 9.84 Å². The number of aliphatic hydroxyl groups excluding tert-OH is 1. The van der Waals surface area contributed by atoms with Gasteiger partial charge >= 0.3 is 0 Å². The molecule has 0 aromatic carbocycles. The number of aliphatic hydroxyl groups is 1. The molecule has 3 atom stereocenters. The molecular weight excluding hydrogens is 246 g/mol. The van der Waals surface area contributed by atoms with Crippen LogP contribution in [-0.2, 0) is 4.74 Å². The number of hydrogen-bond donors (Lipinski definition) is 2. The van der Waals surface area contributed by atoms with Gasteiger partial charge in [0, 0.05) is 36.5 Å². The number of nitrogens with one attached hydrogen (secondary N) is 1. The van der Waals surface area contributed by atoms with E-state index < -0.39 is 0 Å². The molecule has 0 aromatic heterocycles. The average molecular weight is 273 g/mol. The van der Waals surface area contributed by atoms with E-state index in [-0.39, 0.29) is 6.61 Å². The fourth-order valence-electron chi connectivity index (χ4n) is 3.53. The van der Waals surface area contributed by atoms with Crippen molar-refractivity contribution in [2.75, 3.05) is 25.2 Å². The van der Waals surface area contributed by atoms with Crippen LogP contribution in [0.3, 0.4) is 0 Å². The standard InChI is InChI=1S/C14H27NO2S/c1-3-17-13-9-12(14(13)6-4-7-14)15-11(5-8-16)10-18-2/h11-13,15-16H,3-10H2,1-2H3. The lowest BCUT2D eigenvalue weighted by molar-refractivity contribution is -0.174. The second-order valence-electron chi connectivity index (χ2n) is 5.65. The summed E-state index contributed by atoms with van der Waals surface area (Å²) >= 11 is 1.86. The molecule has 2 fully saturated rings. The van der Waals surface area contributed by atoms with Gasteiger partial charge < -0.3 is 15.2 Å². The molecule has 106 valence electrons. The van der Waals surface area contributed by atoms with E-state index in [9.17, 15) is 0 Å². The molecule has 3 unspecified atom stereocenters. The Balaban J connectivity index is 1.86. The van der Waals surface area contributed by atoms with Gasteiger partial charge in [-0.3, -0.25) is 0 Å². The normalized spacial score (nSPS) is 30.8. The van der Waals surface area contributed by atoms with Crippen LogP contribution in [0.2, 0.25) is 0 Å². The van der Waals surface area contributed by atoms with Crippen molar-refractivity contribution in [2.45, 2.75) is 57.2 Å². The predicted molar refractivity (Wildman–Crippen MR) is 77.1 cm³/mol. The molecule has 4 heteroatoms. The SMILES string of the molecule is CCOC1CC(NC(CCO)CSC)C12CCC2. The minimum atomic E-state index is 0.285. The maximum Gasteiger partial charge on any atom is 0.0661 e. The van der Waals surface area contributed by atoms with Crippen molar-refractivity contribution < 1.29 is 9.84 Å². The van der Waals surface area contributed by atoms with Gasteiger partial charge in [-0.2, -0.15) is 11.8 Å². The van der Waals surface area contributed by atoms with Crippen LogP contribution >= 0.6 is 11.8 Å². The first kappa shape index (κ1) is 14.6. The Morgan fingerprint density at radius 2 is 2.28 bits per heavy atom. The molecule has 1 spiro atoms. The molecule has 0 heterocycles. The van der Waals surface area contributed by atoms with Gasteiger partial charge in [-0.15, -0.1) is 0 Å². The highest BCUT2D eigenvalue weighted by molar-refractivity contribution is 7.98. The van der Waals surface area contributed by atoms with Gasteiger partial charge in [0.25, 0.3) is 0 Å². The van der Waals surface area contributed by atoms with Crippen molar-refractivity contribution >= 4 is 11.8 Å². The molecule has 0 saturated heterocycles. The molecule has 2 aliphatic rings. The fraction of sp³-hybridized carbons (Fsp3) is 1.00. The first-order valence-electron chi connectivity index (χ1n) is 7.24. The minimum Gasteiger partial charge on any atom is -0.396 e. The molecule has 2 aliphatic carbocycles. The second kappa shape index (κ2) is 6.60. The maximum atomic E-state index is 9.13. The highest BCUT2D eigenvalue weighted by atomic mass is 32.2. The Hall–Kier alpha value is 0.230. The van der Waals surface area contributed by atoms with Crippen LogP contribution in [0, 0.1) is 5.41 Å². The zero-order valence-electron chi connectivity index (χ0n) is 11.7. The highest BCUT2D eigenvalue weighted by Gasteiger charge is 2.58. The largest absolute Gasteiger partial charge is 0.396 e. The van der Waals surface area contributed by atoms with Gasteiger partial charge in [0.15, 0.2) is 0 Å². The van der Waals surface area contributed by atoms with Crippen LogP contribution in [0.1, 0.15) is 39.0 Å². The summed E-state index contributed by atoms with van der Waals surface area (Å²) in [4.78, 5) is 0. The number of rotatable bonds is 8. The Morgan fingerprint density at radius 1 is 1.50 bits per heavy atom. The lowest BCUT2D eigenvalue weighted by Gasteiger charge is -2.61. The molecule has 0 radical (unpaired) electrons. The van der Waals surface area contributed by atoms with Gasteiger partial charge in [0.05, 0.1) is 6.10 Å². The zero-order valence-corrected chi connectivity index (χ0v) is 12.5. The lowest BCUT2D eigenvalue weighted by Crippen LogP contribution is -2.68. The third-order valence-electron chi connectivity index (χ3n) is 4.72. The van der Waals surface area contributed by atoms with Gasteiger partial charge in [0.2, 0.25) is 0 Å². The summed E-state index contributed by atoms with van der Waals surface area (Å²) in [6, 6.07) is 1.07. The molecule has 18 heavy (non-hydrogen) atoms. The van der Waals surface area contributed by atoms with Crippen LogP contribution in [0.5, 0.6) is 0 Å². The minimum absolute atomic E-state index is 0.285.